The lowest BCUT2D eigenvalue weighted by molar-refractivity contribution is -0.114. The number of amides is 1. The molecule has 2 aromatic carbocycles. The van der Waals surface area contributed by atoms with E-state index in [0.717, 1.165) is 11.1 Å². The molecule has 1 amide bonds. The lowest BCUT2D eigenvalue weighted by atomic mass is 9.98. The van der Waals surface area contributed by atoms with Gasteiger partial charge < -0.3 is 15.7 Å². The highest BCUT2D eigenvalue weighted by Gasteiger charge is 2.17. The van der Waals surface area contributed by atoms with Gasteiger partial charge in [0, 0.05) is 35.4 Å². The van der Waals surface area contributed by atoms with Gasteiger partial charge in [-0.25, -0.2) is 14.8 Å². The molecule has 154 valence electrons. The second kappa shape index (κ2) is 8.19. The molecule has 0 aliphatic heterocycles. The average molecular weight is 413 g/mol. The monoisotopic (exact) mass is 413 g/mol. The molecule has 0 aliphatic rings. The zero-order chi connectivity index (χ0) is 22.0. The second-order valence-corrected chi connectivity index (χ2v) is 7.00. The summed E-state index contributed by atoms with van der Waals surface area (Å²) in [5.41, 5.74) is 3.76. The van der Waals surface area contributed by atoms with E-state index in [9.17, 15) is 14.7 Å². The van der Waals surface area contributed by atoms with Gasteiger partial charge in [-0.2, -0.15) is 4.98 Å². The van der Waals surface area contributed by atoms with E-state index < -0.39 is 5.97 Å². The lowest BCUT2D eigenvalue weighted by Gasteiger charge is -2.11. The molecule has 31 heavy (non-hydrogen) atoms. The normalized spacial score (nSPS) is 10.6. The quantitative estimate of drug-likeness (QED) is 0.444. The van der Waals surface area contributed by atoms with E-state index in [-0.39, 0.29) is 23.2 Å². The Labute approximate surface area is 178 Å². The number of anilines is 3. The van der Waals surface area contributed by atoms with Gasteiger partial charge in [0.25, 0.3) is 0 Å². The number of benzene rings is 2. The van der Waals surface area contributed by atoms with Crippen molar-refractivity contribution in [1.29, 1.82) is 0 Å². The third-order valence-corrected chi connectivity index (χ3v) is 4.65. The smallest absolute Gasteiger partial charge is 0.355 e. The molecule has 0 fully saturated rings. The highest BCUT2D eigenvalue weighted by atomic mass is 16.4. The van der Waals surface area contributed by atoms with Crippen LogP contribution in [0, 0.1) is 6.92 Å². The van der Waals surface area contributed by atoms with Crippen molar-refractivity contribution in [2.45, 2.75) is 13.8 Å². The van der Waals surface area contributed by atoms with E-state index in [0.29, 0.717) is 22.3 Å². The summed E-state index contributed by atoms with van der Waals surface area (Å²) in [5.74, 6) is -1.04. The fourth-order valence-corrected chi connectivity index (χ4v) is 3.27. The Morgan fingerprint density at radius 2 is 1.71 bits per heavy atom. The number of hydrogen-bond donors (Lipinski definition) is 3. The van der Waals surface area contributed by atoms with Crippen molar-refractivity contribution in [2.75, 3.05) is 10.6 Å². The molecule has 8 heteroatoms. The molecule has 2 heterocycles. The molecule has 0 aliphatic carbocycles. The van der Waals surface area contributed by atoms with Crippen LogP contribution in [-0.2, 0) is 4.79 Å². The summed E-state index contributed by atoms with van der Waals surface area (Å²) in [6, 6.07) is 16.4. The van der Waals surface area contributed by atoms with Gasteiger partial charge >= 0.3 is 5.97 Å². The summed E-state index contributed by atoms with van der Waals surface area (Å²) in [7, 11) is 0. The van der Waals surface area contributed by atoms with Crippen molar-refractivity contribution in [3.8, 4) is 11.1 Å². The minimum atomic E-state index is -1.13. The van der Waals surface area contributed by atoms with E-state index in [1.165, 1.54) is 6.92 Å². The molecule has 0 bridgehead atoms. The third kappa shape index (κ3) is 4.32. The van der Waals surface area contributed by atoms with Crippen LogP contribution in [0.1, 0.15) is 23.0 Å². The maximum atomic E-state index is 11.9. The van der Waals surface area contributed by atoms with Gasteiger partial charge in [0.05, 0.1) is 0 Å². The molecule has 3 N–H and O–H groups in total. The minimum Gasteiger partial charge on any atom is -0.476 e. The number of fused-ring (bicyclic) bond motifs is 1. The number of rotatable bonds is 5. The molecular formula is C23H19N5O3. The first kappa shape index (κ1) is 20.0. The van der Waals surface area contributed by atoms with Crippen LogP contribution in [-0.4, -0.2) is 31.9 Å². The molecule has 0 unspecified atom stereocenters. The first-order valence-corrected chi connectivity index (χ1v) is 9.52. The van der Waals surface area contributed by atoms with E-state index >= 15 is 0 Å². The summed E-state index contributed by atoms with van der Waals surface area (Å²) < 4.78 is 0. The predicted molar refractivity (Wildman–Crippen MR) is 118 cm³/mol. The summed E-state index contributed by atoms with van der Waals surface area (Å²) in [4.78, 5) is 36.2. The van der Waals surface area contributed by atoms with Gasteiger partial charge in [-0.3, -0.25) is 4.79 Å². The Kier molecular flexibility index (Phi) is 5.28. The Morgan fingerprint density at radius 1 is 0.935 bits per heavy atom. The molecule has 0 atom stereocenters. The van der Waals surface area contributed by atoms with Crippen LogP contribution in [0.2, 0.25) is 0 Å². The topological polar surface area (TPSA) is 117 Å². The number of aryl methyl sites for hydroxylation is 1. The Bertz CT molecular complexity index is 1320. The number of nitrogens with one attached hydrogen (secondary N) is 2. The molecule has 0 saturated heterocycles. The van der Waals surface area contributed by atoms with Gasteiger partial charge in [-0.05, 0) is 42.3 Å². The first-order valence-electron chi connectivity index (χ1n) is 9.52. The summed E-state index contributed by atoms with van der Waals surface area (Å²) in [6.07, 6.45) is 1.60. The number of carbonyl (C=O) groups is 2. The zero-order valence-electron chi connectivity index (χ0n) is 16.9. The van der Waals surface area contributed by atoms with Crippen molar-refractivity contribution in [3.05, 3.63) is 72.1 Å². The standard InChI is InChI=1S/C23H19N5O3/c1-13-6-3-4-9-18(13)19-10-15-12-24-23(28-21(15)27-20(19)22(30)31)26-17-8-5-7-16(11-17)25-14(2)29/h3-12H,1-2H3,(H,25,29)(H,30,31)(H,24,26,27,28). The van der Waals surface area contributed by atoms with Crippen LogP contribution in [0.15, 0.2) is 60.8 Å². The molecule has 4 aromatic rings. The molecule has 0 radical (unpaired) electrons. The number of carbonyl (C=O) groups excluding carboxylic acids is 1. The van der Waals surface area contributed by atoms with E-state index in [2.05, 4.69) is 25.6 Å². The Balaban J connectivity index is 1.73. The number of pyridine rings is 1. The second-order valence-electron chi connectivity index (χ2n) is 7.00. The summed E-state index contributed by atoms with van der Waals surface area (Å²) in [6.45, 7) is 3.35. The van der Waals surface area contributed by atoms with Crippen molar-refractivity contribution < 1.29 is 14.7 Å². The number of aromatic carboxylic acids is 1. The molecule has 8 nitrogen and oxygen atoms in total. The highest BCUT2D eigenvalue weighted by molar-refractivity contribution is 5.98. The van der Waals surface area contributed by atoms with Crippen LogP contribution in [0.25, 0.3) is 22.2 Å². The molecule has 2 aromatic heterocycles. The summed E-state index contributed by atoms with van der Waals surface area (Å²) in [5, 5.41) is 16.1. The van der Waals surface area contributed by atoms with E-state index in [1.54, 1.807) is 36.5 Å². The number of aromatic nitrogens is 3. The Hall–Kier alpha value is -4.33. The van der Waals surface area contributed by atoms with Crippen molar-refractivity contribution in [3.63, 3.8) is 0 Å². The van der Waals surface area contributed by atoms with Crippen LogP contribution < -0.4 is 10.6 Å². The molecule has 0 spiro atoms. The molecule has 4 rings (SSSR count). The average Bonchev–Trinajstić information content (AvgIpc) is 2.73. The summed E-state index contributed by atoms with van der Waals surface area (Å²) >= 11 is 0. The van der Waals surface area contributed by atoms with Crippen molar-refractivity contribution in [2.24, 2.45) is 0 Å². The minimum absolute atomic E-state index is 0.0703. The number of hydrogen-bond acceptors (Lipinski definition) is 6. The SMILES string of the molecule is CC(=O)Nc1cccc(Nc2ncc3cc(-c4ccccc4C)c(C(=O)O)nc3n2)c1. The third-order valence-electron chi connectivity index (χ3n) is 4.65. The zero-order valence-corrected chi connectivity index (χ0v) is 16.9. The van der Waals surface area contributed by atoms with Crippen LogP contribution in [0.5, 0.6) is 0 Å². The molecule has 0 saturated carbocycles. The molecular weight excluding hydrogens is 394 g/mol. The first-order chi connectivity index (χ1) is 14.9. The van der Waals surface area contributed by atoms with Gasteiger partial charge in [0.1, 0.15) is 0 Å². The predicted octanol–water partition coefficient (Wildman–Crippen LogP) is 4.40. The number of nitrogens with zero attached hydrogens (tertiary/aromatic N) is 3. The van der Waals surface area contributed by atoms with Crippen LogP contribution in [0.3, 0.4) is 0 Å². The maximum absolute atomic E-state index is 11.9. The largest absolute Gasteiger partial charge is 0.476 e. The van der Waals surface area contributed by atoms with E-state index in [1.807, 2.05) is 31.2 Å². The van der Waals surface area contributed by atoms with Crippen LogP contribution in [0.4, 0.5) is 17.3 Å². The van der Waals surface area contributed by atoms with Crippen molar-refractivity contribution in [1.82, 2.24) is 15.0 Å². The number of carboxylic acid groups (broad SMARTS) is 1. The fourth-order valence-electron chi connectivity index (χ4n) is 3.27. The van der Waals surface area contributed by atoms with Gasteiger partial charge in [0.15, 0.2) is 11.3 Å². The maximum Gasteiger partial charge on any atom is 0.355 e. The lowest BCUT2D eigenvalue weighted by Crippen LogP contribution is -2.07. The van der Waals surface area contributed by atoms with Crippen molar-refractivity contribution >= 4 is 40.2 Å². The highest BCUT2D eigenvalue weighted by Crippen LogP contribution is 2.29. The van der Waals surface area contributed by atoms with Gasteiger partial charge in [-0.15, -0.1) is 0 Å². The fraction of sp³-hybridized carbons (Fsp3) is 0.0870. The van der Waals surface area contributed by atoms with Gasteiger partial charge in [0.2, 0.25) is 11.9 Å². The number of carboxylic acids is 1. The van der Waals surface area contributed by atoms with Crippen LogP contribution >= 0.6 is 0 Å². The van der Waals surface area contributed by atoms with Gasteiger partial charge in [-0.1, -0.05) is 30.3 Å². The Morgan fingerprint density at radius 3 is 2.45 bits per heavy atom. The van der Waals surface area contributed by atoms with E-state index in [4.69, 9.17) is 0 Å².